The van der Waals surface area contributed by atoms with Crippen molar-refractivity contribution in [3.8, 4) is 0 Å². The zero-order valence-corrected chi connectivity index (χ0v) is 12.6. The minimum absolute atomic E-state index is 0.140. The highest BCUT2D eigenvalue weighted by Crippen LogP contribution is 2.20. The SMILES string of the molecule is O=C(NCCCn1cccc1)c1cc(Br)ccc1Cl. The van der Waals surface area contributed by atoms with Crippen LogP contribution in [-0.2, 0) is 6.54 Å². The van der Waals surface area contributed by atoms with Crippen molar-refractivity contribution < 1.29 is 4.79 Å². The Hall–Kier alpha value is -1.26. The third-order valence-electron chi connectivity index (χ3n) is 2.72. The predicted molar refractivity (Wildman–Crippen MR) is 80.5 cm³/mol. The molecule has 0 fully saturated rings. The number of aryl methyl sites for hydroxylation is 1. The molecular formula is C14H14BrClN2O. The minimum Gasteiger partial charge on any atom is -0.354 e. The molecule has 2 aromatic rings. The molecule has 0 bridgehead atoms. The van der Waals surface area contributed by atoms with Gasteiger partial charge < -0.3 is 9.88 Å². The third kappa shape index (κ3) is 4.11. The molecule has 2 rings (SSSR count). The van der Waals surface area contributed by atoms with Crippen molar-refractivity contribution in [3.63, 3.8) is 0 Å². The quantitative estimate of drug-likeness (QED) is 0.826. The van der Waals surface area contributed by atoms with E-state index in [1.165, 1.54) is 0 Å². The van der Waals surface area contributed by atoms with Gasteiger partial charge in [0.2, 0.25) is 0 Å². The van der Waals surface area contributed by atoms with E-state index in [2.05, 4.69) is 25.8 Å². The second kappa shape index (κ2) is 6.78. The number of rotatable bonds is 5. The Balaban J connectivity index is 1.82. The number of hydrogen-bond acceptors (Lipinski definition) is 1. The topological polar surface area (TPSA) is 34.0 Å². The summed E-state index contributed by atoms with van der Waals surface area (Å²) in [6, 6.07) is 9.22. The van der Waals surface area contributed by atoms with Gasteiger partial charge in [0.15, 0.2) is 0 Å². The van der Waals surface area contributed by atoms with Crippen LogP contribution in [-0.4, -0.2) is 17.0 Å². The highest BCUT2D eigenvalue weighted by molar-refractivity contribution is 9.10. The molecule has 1 aromatic heterocycles. The fourth-order valence-electron chi connectivity index (χ4n) is 1.75. The standard InChI is InChI=1S/C14H14BrClN2O/c15-11-4-5-13(16)12(10-11)14(19)17-6-3-9-18-7-1-2-8-18/h1-2,4-5,7-8,10H,3,6,9H2,(H,17,19). The van der Waals surface area contributed by atoms with Gasteiger partial charge in [0.25, 0.3) is 5.91 Å². The molecule has 0 spiro atoms. The van der Waals surface area contributed by atoms with E-state index in [0.29, 0.717) is 17.1 Å². The van der Waals surface area contributed by atoms with Crippen LogP contribution in [0.1, 0.15) is 16.8 Å². The number of benzene rings is 1. The van der Waals surface area contributed by atoms with E-state index in [-0.39, 0.29) is 5.91 Å². The van der Waals surface area contributed by atoms with Crippen LogP contribution in [0.3, 0.4) is 0 Å². The van der Waals surface area contributed by atoms with E-state index in [9.17, 15) is 4.79 Å². The van der Waals surface area contributed by atoms with Gasteiger partial charge in [-0.2, -0.15) is 0 Å². The molecule has 1 amide bonds. The molecule has 0 unspecified atom stereocenters. The van der Waals surface area contributed by atoms with Crippen LogP contribution in [0, 0.1) is 0 Å². The Morgan fingerprint density at radius 2 is 2.05 bits per heavy atom. The van der Waals surface area contributed by atoms with E-state index in [1.807, 2.05) is 30.6 Å². The number of carbonyl (C=O) groups excluding carboxylic acids is 1. The number of aromatic nitrogens is 1. The maximum atomic E-state index is 12.0. The summed E-state index contributed by atoms with van der Waals surface area (Å²) in [4.78, 5) is 12.0. The average Bonchev–Trinajstić information content (AvgIpc) is 2.90. The average molecular weight is 342 g/mol. The fraction of sp³-hybridized carbons (Fsp3) is 0.214. The predicted octanol–water partition coefficient (Wildman–Crippen LogP) is 3.72. The Morgan fingerprint density at radius 3 is 2.79 bits per heavy atom. The molecule has 1 aromatic carbocycles. The van der Waals surface area contributed by atoms with Gasteiger partial charge >= 0.3 is 0 Å². The molecule has 1 heterocycles. The first kappa shape index (κ1) is 14.2. The lowest BCUT2D eigenvalue weighted by molar-refractivity contribution is 0.0953. The number of nitrogens with zero attached hydrogens (tertiary/aromatic N) is 1. The smallest absolute Gasteiger partial charge is 0.252 e. The molecule has 3 nitrogen and oxygen atoms in total. The van der Waals surface area contributed by atoms with Crippen LogP contribution in [0.2, 0.25) is 5.02 Å². The first-order valence-electron chi connectivity index (χ1n) is 6.01. The van der Waals surface area contributed by atoms with Gasteiger partial charge in [0.1, 0.15) is 0 Å². The van der Waals surface area contributed by atoms with E-state index in [0.717, 1.165) is 17.4 Å². The number of hydrogen-bond donors (Lipinski definition) is 1. The molecule has 5 heteroatoms. The summed E-state index contributed by atoms with van der Waals surface area (Å²) in [5.41, 5.74) is 0.497. The van der Waals surface area contributed by atoms with Gasteiger partial charge in [-0.3, -0.25) is 4.79 Å². The van der Waals surface area contributed by atoms with E-state index in [1.54, 1.807) is 12.1 Å². The molecule has 0 saturated carbocycles. The van der Waals surface area contributed by atoms with Crippen molar-refractivity contribution in [1.29, 1.82) is 0 Å². The normalized spacial score (nSPS) is 10.4. The Labute approximate surface area is 125 Å². The number of carbonyl (C=O) groups is 1. The number of amides is 1. The zero-order chi connectivity index (χ0) is 13.7. The largest absolute Gasteiger partial charge is 0.354 e. The van der Waals surface area contributed by atoms with Gasteiger partial charge in [0.05, 0.1) is 10.6 Å². The van der Waals surface area contributed by atoms with Crippen LogP contribution in [0.5, 0.6) is 0 Å². The van der Waals surface area contributed by atoms with Crippen LogP contribution < -0.4 is 5.32 Å². The molecular weight excluding hydrogens is 328 g/mol. The molecule has 0 aliphatic heterocycles. The summed E-state index contributed by atoms with van der Waals surface area (Å²) < 4.78 is 2.92. The molecule has 0 atom stereocenters. The number of halogens is 2. The summed E-state index contributed by atoms with van der Waals surface area (Å²) >= 11 is 9.33. The van der Waals surface area contributed by atoms with Crippen LogP contribution >= 0.6 is 27.5 Å². The Bertz CT molecular complexity index is 555. The minimum atomic E-state index is -0.140. The van der Waals surface area contributed by atoms with Gasteiger partial charge in [-0.05, 0) is 36.8 Å². The van der Waals surface area contributed by atoms with Gasteiger partial charge in [-0.1, -0.05) is 27.5 Å². The zero-order valence-electron chi connectivity index (χ0n) is 10.3. The molecule has 1 N–H and O–H groups in total. The number of nitrogens with one attached hydrogen (secondary N) is 1. The summed E-state index contributed by atoms with van der Waals surface area (Å²) in [5.74, 6) is -0.140. The van der Waals surface area contributed by atoms with Gasteiger partial charge in [0, 0.05) is 30.0 Å². The fourth-order valence-corrected chi connectivity index (χ4v) is 2.31. The highest BCUT2D eigenvalue weighted by atomic mass is 79.9. The first-order chi connectivity index (χ1) is 9.16. The van der Waals surface area contributed by atoms with Crippen LogP contribution in [0.15, 0.2) is 47.2 Å². The van der Waals surface area contributed by atoms with Crippen molar-refractivity contribution in [2.24, 2.45) is 0 Å². The van der Waals surface area contributed by atoms with Crippen molar-refractivity contribution in [2.45, 2.75) is 13.0 Å². The van der Waals surface area contributed by atoms with Crippen molar-refractivity contribution in [2.75, 3.05) is 6.54 Å². The summed E-state index contributed by atoms with van der Waals surface area (Å²) in [6.07, 6.45) is 4.89. The van der Waals surface area contributed by atoms with Crippen molar-refractivity contribution in [1.82, 2.24) is 9.88 Å². The summed E-state index contributed by atoms with van der Waals surface area (Å²) in [6.45, 7) is 1.51. The highest BCUT2D eigenvalue weighted by Gasteiger charge is 2.09. The monoisotopic (exact) mass is 340 g/mol. The third-order valence-corrected chi connectivity index (χ3v) is 3.54. The van der Waals surface area contributed by atoms with E-state index >= 15 is 0 Å². The lowest BCUT2D eigenvalue weighted by atomic mass is 10.2. The second-order valence-electron chi connectivity index (χ2n) is 4.15. The maximum Gasteiger partial charge on any atom is 0.252 e. The van der Waals surface area contributed by atoms with Crippen LogP contribution in [0.25, 0.3) is 0 Å². The van der Waals surface area contributed by atoms with Crippen molar-refractivity contribution in [3.05, 3.63) is 57.8 Å². The van der Waals surface area contributed by atoms with Crippen LogP contribution in [0.4, 0.5) is 0 Å². The van der Waals surface area contributed by atoms with E-state index < -0.39 is 0 Å². The molecule has 0 aliphatic carbocycles. The maximum absolute atomic E-state index is 12.0. The summed E-state index contributed by atoms with van der Waals surface area (Å²) in [5, 5.41) is 3.34. The van der Waals surface area contributed by atoms with Gasteiger partial charge in [-0.25, -0.2) is 0 Å². The molecule has 0 aliphatic rings. The molecule has 100 valence electrons. The Morgan fingerprint density at radius 1 is 1.32 bits per heavy atom. The lowest BCUT2D eigenvalue weighted by Gasteiger charge is -2.07. The lowest BCUT2D eigenvalue weighted by Crippen LogP contribution is -2.25. The second-order valence-corrected chi connectivity index (χ2v) is 5.48. The first-order valence-corrected chi connectivity index (χ1v) is 7.18. The van der Waals surface area contributed by atoms with Crippen molar-refractivity contribution >= 4 is 33.4 Å². The molecule has 0 radical (unpaired) electrons. The van der Waals surface area contributed by atoms with E-state index in [4.69, 9.17) is 11.6 Å². The van der Waals surface area contributed by atoms with Gasteiger partial charge in [-0.15, -0.1) is 0 Å². The Kier molecular flexibility index (Phi) is 5.05. The molecule has 0 saturated heterocycles. The molecule has 19 heavy (non-hydrogen) atoms. The summed E-state index contributed by atoms with van der Waals surface area (Å²) in [7, 11) is 0.